The summed E-state index contributed by atoms with van der Waals surface area (Å²) in [6.07, 6.45) is 0. The number of ether oxygens (including phenoxy) is 1. The molecule has 0 aliphatic carbocycles. The van der Waals surface area contributed by atoms with E-state index < -0.39 is 17.3 Å². The fourth-order valence-electron chi connectivity index (χ4n) is 1.85. The van der Waals surface area contributed by atoms with E-state index >= 15 is 0 Å². The number of carbonyl (C=O) groups is 2. The highest BCUT2D eigenvalue weighted by molar-refractivity contribution is 6.32. The average Bonchev–Trinajstić information content (AvgIpc) is 2.54. The van der Waals surface area contributed by atoms with Gasteiger partial charge in [-0.1, -0.05) is 42.5 Å². The minimum Gasteiger partial charge on any atom is -0.465 e. The number of amides is 1. The molecule has 0 aliphatic heterocycles. The highest BCUT2D eigenvalue weighted by Gasteiger charge is 2.20. The minimum absolute atomic E-state index is 0.283. The van der Waals surface area contributed by atoms with Crippen LogP contribution < -0.4 is 5.32 Å². The minimum atomic E-state index is -0.836. The SMILES string of the molecule is COC(=O)c1ccccc1NC(=O)[C@@H](Cl)c1ccccc1. The van der Waals surface area contributed by atoms with Crippen LogP contribution >= 0.6 is 11.6 Å². The molecule has 0 aliphatic rings. The molecule has 0 fully saturated rings. The number of carbonyl (C=O) groups excluding carboxylic acids is 2. The summed E-state index contributed by atoms with van der Waals surface area (Å²) < 4.78 is 4.68. The van der Waals surface area contributed by atoms with Crippen LogP contribution in [0.2, 0.25) is 0 Å². The summed E-state index contributed by atoms with van der Waals surface area (Å²) in [5.41, 5.74) is 1.34. The van der Waals surface area contributed by atoms with E-state index in [9.17, 15) is 9.59 Å². The summed E-state index contributed by atoms with van der Waals surface area (Å²) in [5.74, 6) is -0.920. The second-order valence-electron chi connectivity index (χ2n) is 4.30. The number of hydrogen-bond donors (Lipinski definition) is 1. The summed E-state index contributed by atoms with van der Waals surface area (Å²) in [6.45, 7) is 0. The standard InChI is InChI=1S/C16H14ClNO3/c1-21-16(20)12-9-5-6-10-13(12)18-15(19)14(17)11-7-3-2-4-8-11/h2-10,14H,1H3,(H,18,19)/t14-/m0/s1. The smallest absolute Gasteiger partial charge is 0.339 e. The first-order chi connectivity index (χ1) is 10.1. The van der Waals surface area contributed by atoms with E-state index in [0.717, 1.165) is 0 Å². The third-order valence-corrected chi connectivity index (χ3v) is 3.36. The van der Waals surface area contributed by atoms with Crippen LogP contribution in [0.1, 0.15) is 21.3 Å². The number of alkyl halides is 1. The zero-order chi connectivity index (χ0) is 15.2. The zero-order valence-electron chi connectivity index (χ0n) is 11.4. The lowest BCUT2D eigenvalue weighted by atomic mass is 10.1. The van der Waals surface area contributed by atoms with Gasteiger partial charge in [-0.2, -0.15) is 0 Å². The second kappa shape index (κ2) is 6.90. The molecule has 0 unspecified atom stereocenters. The normalized spacial score (nSPS) is 11.5. The molecular formula is C16H14ClNO3. The molecule has 0 radical (unpaired) electrons. The van der Waals surface area contributed by atoms with Crippen LogP contribution in [0.3, 0.4) is 0 Å². The van der Waals surface area contributed by atoms with E-state index in [1.165, 1.54) is 7.11 Å². The molecule has 0 bridgehead atoms. The van der Waals surface area contributed by atoms with Gasteiger partial charge in [-0.15, -0.1) is 11.6 Å². The van der Waals surface area contributed by atoms with Crippen LogP contribution in [0.5, 0.6) is 0 Å². The predicted octanol–water partition coefficient (Wildman–Crippen LogP) is 3.39. The molecule has 0 saturated heterocycles. The summed E-state index contributed by atoms with van der Waals surface area (Å²) in [4.78, 5) is 23.8. The number of halogens is 1. The van der Waals surface area contributed by atoms with Crippen molar-refractivity contribution in [3.63, 3.8) is 0 Å². The Morgan fingerprint density at radius 1 is 1.05 bits per heavy atom. The molecule has 4 nitrogen and oxygen atoms in total. The Morgan fingerprint density at radius 2 is 1.67 bits per heavy atom. The van der Waals surface area contributed by atoms with Gasteiger partial charge in [0.2, 0.25) is 5.91 Å². The number of benzene rings is 2. The van der Waals surface area contributed by atoms with E-state index in [2.05, 4.69) is 10.1 Å². The van der Waals surface area contributed by atoms with Crippen LogP contribution in [0.15, 0.2) is 54.6 Å². The third-order valence-electron chi connectivity index (χ3n) is 2.91. The highest BCUT2D eigenvalue weighted by Crippen LogP contribution is 2.23. The molecule has 1 N–H and O–H groups in total. The molecule has 1 amide bonds. The van der Waals surface area contributed by atoms with E-state index in [4.69, 9.17) is 11.6 Å². The van der Waals surface area contributed by atoms with Gasteiger partial charge in [0.25, 0.3) is 0 Å². The number of hydrogen-bond acceptors (Lipinski definition) is 3. The predicted molar refractivity (Wildman–Crippen MR) is 81.4 cm³/mol. The first-order valence-electron chi connectivity index (χ1n) is 6.30. The first kappa shape index (κ1) is 15.1. The van der Waals surface area contributed by atoms with E-state index in [1.807, 2.05) is 6.07 Å². The lowest BCUT2D eigenvalue weighted by molar-refractivity contribution is -0.116. The Hall–Kier alpha value is -2.33. The molecule has 2 aromatic rings. The molecule has 21 heavy (non-hydrogen) atoms. The van der Waals surface area contributed by atoms with Crippen molar-refractivity contribution in [3.8, 4) is 0 Å². The molecule has 5 heteroatoms. The largest absolute Gasteiger partial charge is 0.465 e. The molecule has 2 rings (SSSR count). The van der Waals surface area contributed by atoms with Crippen molar-refractivity contribution >= 4 is 29.2 Å². The van der Waals surface area contributed by atoms with E-state index in [-0.39, 0.29) is 5.56 Å². The van der Waals surface area contributed by atoms with Crippen molar-refractivity contribution in [1.29, 1.82) is 0 Å². The van der Waals surface area contributed by atoms with Gasteiger partial charge >= 0.3 is 5.97 Å². The highest BCUT2D eigenvalue weighted by atomic mass is 35.5. The number of anilines is 1. The quantitative estimate of drug-likeness (QED) is 0.696. The number of nitrogens with one attached hydrogen (secondary N) is 1. The van der Waals surface area contributed by atoms with Crippen LogP contribution in [0.25, 0.3) is 0 Å². The van der Waals surface area contributed by atoms with Crippen molar-refractivity contribution in [2.45, 2.75) is 5.38 Å². The Balaban J connectivity index is 2.19. The van der Waals surface area contributed by atoms with Crippen LogP contribution in [-0.2, 0) is 9.53 Å². The van der Waals surface area contributed by atoms with Crippen molar-refractivity contribution in [1.82, 2.24) is 0 Å². The topological polar surface area (TPSA) is 55.4 Å². The monoisotopic (exact) mass is 303 g/mol. The fourth-order valence-corrected chi connectivity index (χ4v) is 2.05. The van der Waals surface area contributed by atoms with Gasteiger partial charge in [0.1, 0.15) is 5.38 Å². The van der Waals surface area contributed by atoms with Gasteiger partial charge in [0.05, 0.1) is 18.4 Å². The van der Waals surface area contributed by atoms with E-state index in [0.29, 0.717) is 11.3 Å². The third kappa shape index (κ3) is 3.61. The fraction of sp³-hybridized carbons (Fsp3) is 0.125. The molecule has 1 atom stereocenters. The Kier molecular flexibility index (Phi) is 4.95. The van der Waals surface area contributed by atoms with Crippen molar-refractivity contribution < 1.29 is 14.3 Å². The average molecular weight is 304 g/mol. The molecule has 2 aromatic carbocycles. The van der Waals surface area contributed by atoms with Crippen molar-refractivity contribution in [3.05, 3.63) is 65.7 Å². The van der Waals surface area contributed by atoms with Crippen LogP contribution in [0.4, 0.5) is 5.69 Å². The maximum atomic E-state index is 12.2. The molecule has 0 aromatic heterocycles. The van der Waals surface area contributed by atoms with Gasteiger partial charge in [-0.3, -0.25) is 4.79 Å². The Bertz CT molecular complexity index is 643. The van der Waals surface area contributed by atoms with Gasteiger partial charge in [0.15, 0.2) is 0 Å². The summed E-state index contributed by atoms with van der Waals surface area (Å²) >= 11 is 6.14. The summed E-state index contributed by atoms with van der Waals surface area (Å²) in [7, 11) is 1.29. The maximum Gasteiger partial charge on any atom is 0.339 e. The molecule has 108 valence electrons. The lowest BCUT2D eigenvalue weighted by Crippen LogP contribution is -2.19. The van der Waals surface area contributed by atoms with Crippen molar-refractivity contribution in [2.24, 2.45) is 0 Å². The van der Waals surface area contributed by atoms with Crippen LogP contribution in [-0.4, -0.2) is 19.0 Å². The molecular weight excluding hydrogens is 290 g/mol. The Morgan fingerprint density at radius 3 is 2.33 bits per heavy atom. The summed E-state index contributed by atoms with van der Waals surface area (Å²) in [6, 6.07) is 15.6. The second-order valence-corrected chi connectivity index (χ2v) is 4.74. The molecule has 0 saturated carbocycles. The number of esters is 1. The first-order valence-corrected chi connectivity index (χ1v) is 6.74. The molecule has 0 spiro atoms. The van der Waals surface area contributed by atoms with Gasteiger partial charge in [-0.25, -0.2) is 4.79 Å². The van der Waals surface area contributed by atoms with E-state index in [1.54, 1.807) is 48.5 Å². The zero-order valence-corrected chi connectivity index (χ0v) is 12.1. The summed E-state index contributed by atoms with van der Waals surface area (Å²) in [5, 5.41) is 1.82. The molecule has 0 heterocycles. The van der Waals surface area contributed by atoms with Gasteiger partial charge < -0.3 is 10.1 Å². The van der Waals surface area contributed by atoms with Crippen molar-refractivity contribution in [2.75, 3.05) is 12.4 Å². The number of para-hydroxylation sites is 1. The number of methoxy groups -OCH3 is 1. The lowest BCUT2D eigenvalue weighted by Gasteiger charge is -2.13. The number of rotatable bonds is 4. The van der Waals surface area contributed by atoms with Crippen LogP contribution in [0, 0.1) is 0 Å². The Labute approximate surface area is 127 Å². The van der Waals surface area contributed by atoms with Gasteiger partial charge in [0, 0.05) is 0 Å². The maximum absolute atomic E-state index is 12.2. The van der Waals surface area contributed by atoms with Gasteiger partial charge in [-0.05, 0) is 17.7 Å².